The molecule has 5 nitrogen and oxygen atoms in total. The molecule has 0 aliphatic rings. The molecule has 0 aliphatic carbocycles. The van der Waals surface area contributed by atoms with E-state index in [9.17, 15) is 23.3 Å². The molecule has 2 aromatic rings. The van der Waals surface area contributed by atoms with Crippen molar-refractivity contribution < 1.29 is 22.8 Å². The Morgan fingerprint density at radius 3 is 2.33 bits per heavy atom. The molecule has 1 atom stereocenters. The highest BCUT2D eigenvalue weighted by atomic mass is 79.9. The molecule has 1 aromatic carbocycles. The molecule has 1 unspecified atom stereocenters. The van der Waals surface area contributed by atoms with E-state index >= 15 is 0 Å². The van der Waals surface area contributed by atoms with Gasteiger partial charge in [0.1, 0.15) is 5.69 Å². The predicted molar refractivity (Wildman–Crippen MR) is 83.9 cm³/mol. The number of aromatic nitrogens is 1. The number of halogens is 4. The molecule has 2 rings (SSSR count). The van der Waals surface area contributed by atoms with E-state index in [0.717, 1.165) is 11.6 Å². The van der Waals surface area contributed by atoms with Crippen molar-refractivity contribution in [3.63, 3.8) is 0 Å². The van der Waals surface area contributed by atoms with Gasteiger partial charge in [0.25, 0.3) is 5.69 Å². The lowest BCUT2D eigenvalue weighted by atomic mass is 10.1. The van der Waals surface area contributed by atoms with E-state index in [1.165, 1.54) is 19.1 Å². The highest BCUT2D eigenvalue weighted by molar-refractivity contribution is 9.10. The quantitative estimate of drug-likeness (QED) is 0.528. The van der Waals surface area contributed by atoms with E-state index in [2.05, 4.69) is 20.9 Å². The molecule has 128 valence electrons. The van der Waals surface area contributed by atoms with Gasteiger partial charge in [0.05, 0.1) is 9.40 Å². The van der Waals surface area contributed by atoms with Crippen LogP contribution in [0.1, 0.15) is 22.9 Å². The second-order valence-corrected chi connectivity index (χ2v) is 5.94. The van der Waals surface area contributed by atoms with Crippen LogP contribution in [0.5, 0.6) is 5.88 Å². The summed E-state index contributed by atoms with van der Waals surface area (Å²) in [4.78, 5) is 14.0. The van der Waals surface area contributed by atoms with Crippen LogP contribution in [-0.2, 0) is 0 Å². The first-order valence-corrected chi connectivity index (χ1v) is 7.50. The standard InChI is InChI=1S/C15H12BrF3N2O3/c1-8-3-5-10(6-4-8)13(15(17,18)19)24-14-11(16)7-12(21(22)23)9(2)20-14/h3-7,13H,1-2H3. The lowest BCUT2D eigenvalue weighted by Gasteiger charge is -2.22. The Morgan fingerprint density at radius 2 is 1.83 bits per heavy atom. The van der Waals surface area contributed by atoms with Gasteiger partial charge < -0.3 is 4.74 Å². The fraction of sp³-hybridized carbons (Fsp3) is 0.267. The van der Waals surface area contributed by atoms with Crippen LogP contribution in [0.2, 0.25) is 0 Å². The lowest BCUT2D eigenvalue weighted by molar-refractivity contribution is -0.385. The van der Waals surface area contributed by atoms with Crippen molar-refractivity contribution in [2.75, 3.05) is 0 Å². The van der Waals surface area contributed by atoms with Crippen LogP contribution in [0.3, 0.4) is 0 Å². The van der Waals surface area contributed by atoms with Crippen LogP contribution in [0.4, 0.5) is 18.9 Å². The van der Waals surface area contributed by atoms with Crippen LogP contribution in [0.15, 0.2) is 34.8 Å². The Balaban J connectivity index is 2.42. The maximum absolute atomic E-state index is 13.4. The molecule has 0 fully saturated rings. The molecule has 0 aliphatic heterocycles. The average molecular weight is 405 g/mol. The minimum atomic E-state index is -4.67. The Kier molecular flexibility index (Phi) is 5.12. The summed E-state index contributed by atoms with van der Waals surface area (Å²) >= 11 is 2.97. The van der Waals surface area contributed by atoms with Gasteiger partial charge in [0, 0.05) is 11.6 Å². The third-order valence-corrected chi connectivity index (χ3v) is 3.78. The number of nitro groups is 1. The number of benzene rings is 1. The van der Waals surface area contributed by atoms with Gasteiger partial charge in [-0.25, -0.2) is 4.98 Å². The largest absolute Gasteiger partial charge is 0.459 e. The fourth-order valence-electron chi connectivity index (χ4n) is 1.99. The van der Waals surface area contributed by atoms with Gasteiger partial charge in [0.15, 0.2) is 0 Å². The van der Waals surface area contributed by atoms with Crippen LogP contribution in [0, 0.1) is 24.0 Å². The van der Waals surface area contributed by atoms with Crippen molar-refractivity contribution in [1.29, 1.82) is 0 Å². The van der Waals surface area contributed by atoms with Crippen molar-refractivity contribution in [2.45, 2.75) is 26.1 Å². The first-order chi connectivity index (χ1) is 11.1. The minimum absolute atomic E-state index is 0.0267. The van der Waals surface area contributed by atoms with Gasteiger partial charge in [-0.3, -0.25) is 10.1 Å². The smallest absolute Gasteiger partial charge is 0.429 e. The SMILES string of the molecule is Cc1ccc(C(Oc2nc(C)c([N+](=O)[O-])cc2Br)C(F)(F)F)cc1. The van der Waals surface area contributed by atoms with Crippen LogP contribution >= 0.6 is 15.9 Å². The third-order valence-electron chi connectivity index (χ3n) is 3.21. The molecule has 24 heavy (non-hydrogen) atoms. The Hall–Kier alpha value is -2.16. The normalized spacial score (nSPS) is 12.8. The van der Waals surface area contributed by atoms with E-state index in [0.29, 0.717) is 0 Å². The number of nitrogens with zero attached hydrogens (tertiary/aromatic N) is 2. The molecule has 9 heteroatoms. The van der Waals surface area contributed by atoms with Crippen LogP contribution in [-0.4, -0.2) is 16.1 Å². The Labute approximate surface area is 143 Å². The van der Waals surface area contributed by atoms with E-state index in [1.807, 2.05) is 0 Å². The van der Waals surface area contributed by atoms with Crippen LogP contribution < -0.4 is 4.74 Å². The van der Waals surface area contributed by atoms with Gasteiger partial charge in [-0.2, -0.15) is 13.2 Å². The Bertz CT molecular complexity index is 764. The van der Waals surface area contributed by atoms with E-state index in [4.69, 9.17) is 4.74 Å². The van der Waals surface area contributed by atoms with Gasteiger partial charge >= 0.3 is 6.18 Å². The molecule has 0 spiro atoms. The monoisotopic (exact) mass is 404 g/mol. The summed E-state index contributed by atoms with van der Waals surface area (Å²) in [6, 6.07) is 6.79. The number of pyridine rings is 1. The molecule has 0 saturated heterocycles. The highest BCUT2D eigenvalue weighted by Gasteiger charge is 2.43. The van der Waals surface area contributed by atoms with Gasteiger partial charge in [-0.05, 0) is 29.8 Å². The summed E-state index contributed by atoms with van der Waals surface area (Å²) in [5.41, 5.74) is 0.374. The fourth-order valence-corrected chi connectivity index (χ4v) is 2.39. The summed E-state index contributed by atoms with van der Waals surface area (Å²) in [6.07, 6.45) is -6.91. The van der Waals surface area contributed by atoms with Gasteiger partial charge in [-0.15, -0.1) is 0 Å². The predicted octanol–water partition coefficient (Wildman–Crippen LogP) is 5.05. The topological polar surface area (TPSA) is 65.3 Å². The molecule has 0 N–H and O–H groups in total. The molecule has 0 radical (unpaired) electrons. The van der Waals surface area contributed by atoms with Crippen molar-refractivity contribution in [3.8, 4) is 5.88 Å². The van der Waals surface area contributed by atoms with Crippen molar-refractivity contribution in [2.24, 2.45) is 0 Å². The maximum atomic E-state index is 13.4. The molecule has 0 saturated carbocycles. The Morgan fingerprint density at radius 1 is 1.25 bits per heavy atom. The first-order valence-electron chi connectivity index (χ1n) is 6.71. The van der Waals surface area contributed by atoms with Crippen molar-refractivity contribution >= 4 is 21.6 Å². The molecule has 1 heterocycles. The number of hydrogen-bond acceptors (Lipinski definition) is 4. The van der Waals surface area contributed by atoms with E-state index in [-0.39, 0.29) is 27.3 Å². The zero-order valence-corrected chi connectivity index (χ0v) is 14.2. The molecular formula is C15H12BrF3N2O3. The van der Waals surface area contributed by atoms with Crippen LogP contribution in [0.25, 0.3) is 0 Å². The second kappa shape index (κ2) is 6.76. The molecule has 0 amide bonds. The number of alkyl halides is 3. The van der Waals surface area contributed by atoms with Crippen molar-refractivity contribution in [3.05, 3.63) is 61.7 Å². The lowest BCUT2D eigenvalue weighted by Crippen LogP contribution is -2.26. The first kappa shape index (κ1) is 18.2. The van der Waals surface area contributed by atoms with Crippen molar-refractivity contribution in [1.82, 2.24) is 4.98 Å². The summed E-state index contributed by atoms with van der Waals surface area (Å²) in [6.45, 7) is 3.08. The zero-order chi connectivity index (χ0) is 18.1. The van der Waals surface area contributed by atoms with E-state index in [1.54, 1.807) is 19.1 Å². The molecule has 0 bridgehead atoms. The number of aryl methyl sites for hydroxylation is 2. The number of rotatable bonds is 4. The molecule has 1 aromatic heterocycles. The number of ether oxygens (including phenoxy) is 1. The summed E-state index contributed by atoms with van der Waals surface area (Å²) in [5.74, 6) is -0.360. The third kappa shape index (κ3) is 4.02. The number of hydrogen-bond donors (Lipinski definition) is 0. The van der Waals surface area contributed by atoms with Gasteiger partial charge in [0.2, 0.25) is 12.0 Å². The summed E-state index contributed by atoms with van der Waals surface area (Å²) < 4.78 is 45.1. The van der Waals surface area contributed by atoms with E-state index < -0.39 is 17.2 Å². The second-order valence-electron chi connectivity index (χ2n) is 5.09. The zero-order valence-electron chi connectivity index (χ0n) is 12.6. The maximum Gasteiger partial charge on any atom is 0.429 e. The van der Waals surface area contributed by atoms with Gasteiger partial charge in [-0.1, -0.05) is 29.8 Å². The average Bonchev–Trinajstić information content (AvgIpc) is 2.47. The summed E-state index contributed by atoms with van der Waals surface area (Å²) in [7, 11) is 0. The minimum Gasteiger partial charge on any atom is -0.459 e. The highest BCUT2D eigenvalue weighted by Crippen LogP contribution is 2.39. The molecular weight excluding hydrogens is 393 g/mol. The summed E-state index contributed by atoms with van der Waals surface area (Å²) in [5, 5.41) is 10.8.